The fraction of sp³-hybridized carbons (Fsp3) is 0.391. The van der Waals surface area contributed by atoms with E-state index in [2.05, 4.69) is 4.98 Å². The van der Waals surface area contributed by atoms with E-state index in [-0.39, 0.29) is 42.3 Å². The Balaban J connectivity index is 1.91. The number of hydrogen-bond donors (Lipinski definition) is 1. The van der Waals surface area contributed by atoms with E-state index in [1.807, 2.05) is 20.8 Å². The molecule has 2 heterocycles. The number of ether oxygens (including phenoxy) is 1. The Labute approximate surface area is 174 Å². The number of benzene rings is 1. The highest BCUT2D eigenvalue weighted by Gasteiger charge is 2.29. The van der Waals surface area contributed by atoms with Crippen molar-refractivity contribution in [3.63, 3.8) is 0 Å². The molecule has 0 aliphatic rings. The summed E-state index contributed by atoms with van der Waals surface area (Å²) in [6.45, 7) is 7.28. The van der Waals surface area contributed by atoms with Crippen LogP contribution in [0.15, 0.2) is 36.5 Å². The minimum absolute atomic E-state index is 0.0897. The standard InChI is InChI=1S/C23H26F2N2O3/c1-14-21(19(29)11-15(12-28)23(2,3)4)27-10-6-9-20(22(27)26-14)30-13-16-17(24)7-5-8-18(16)25/h5-10,15,28H,11-13H2,1-4H3/t15-/m0/s1. The molecule has 1 N–H and O–H groups in total. The first-order valence-corrected chi connectivity index (χ1v) is 9.81. The number of halogens is 2. The minimum atomic E-state index is -0.686. The number of Topliss-reactive ketones (excluding diaryl/α,β-unsaturated/α-hetero) is 1. The average Bonchev–Trinajstić information content (AvgIpc) is 3.01. The molecule has 0 bridgehead atoms. The highest BCUT2D eigenvalue weighted by atomic mass is 19.1. The second-order valence-corrected chi connectivity index (χ2v) is 8.47. The predicted molar refractivity (Wildman–Crippen MR) is 110 cm³/mol. The van der Waals surface area contributed by atoms with Gasteiger partial charge in [0.15, 0.2) is 17.2 Å². The summed E-state index contributed by atoms with van der Waals surface area (Å²) in [5.41, 5.74) is 0.937. The maximum Gasteiger partial charge on any atom is 0.181 e. The number of rotatable bonds is 7. The van der Waals surface area contributed by atoms with Gasteiger partial charge < -0.3 is 9.84 Å². The SMILES string of the molecule is Cc1nc2c(OCc3c(F)cccc3F)cccn2c1C(=O)C[C@@H](CO)C(C)(C)C. The zero-order chi connectivity index (χ0) is 22.1. The van der Waals surface area contributed by atoms with Crippen LogP contribution in [0, 0.1) is 29.9 Å². The van der Waals surface area contributed by atoms with E-state index >= 15 is 0 Å². The highest BCUT2D eigenvalue weighted by molar-refractivity contribution is 5.97. The van der Waals surface area contributed by atoms with Crippen LogP contribution < -0.4 is 4.74 Å². The third-order valence-corrected chi connectivity index (χ3v) is 5.36. The van der Waals surface area contributed by atoms with E-state index in [1.54, 1.807) is 29.7 Å². The van der Waals surface area contributed by atoms with Crippen molar-refractivity contribution in [2.45, 2.75) is 40.7 Å². The molecule has 1 atom stereocenters. The molecule has 7 heteroatoms. The Morgan fingerprint density at radius 2 is 1.87 bits per heavy atom. The summed E-state index contributed by atoms with van der Waals surface area (Å²) < 4.78 is 35.1. The lowest BCUT2D eigenvalue weighted by atomic mass is 9.78. The van der Waals surface area contributed by atoms with E-state index in [4.69, 9.17) is 4.74 Å². The fourth-order valence-electron chi connectivity index (χ4n) is 3.39. The molecule has 0 radical (unpaired) electrons. The van der Waals surface area contributed by atoms with Gasteiger partial charge in [-0.2, -0.15) is 0 Å². The normalized spacial score (nSPS) is 12.9. The second-order valence-electron chi connectivity index (χ2n) is 8.47. The van der Waals surface area contributed by atoms with Crippen molar-refractivity contribution in [1.29, 1.82) is 0 Å². The summed E-state index contributed by atoms with van der Waals surface area (Å²) in [6.07, 6.45) is 1.88. The van der Waals surface area contributed by atoms with E-state index in [9.17, 15) is 18.7 Å². The highest BCUT2D eigenvalue weighted by Crippen LogP contribution is 2.31. The molecule has 3 rings (SSSR count). The Bertz CT molecular complexity index is 1050. The van der Waals surface area contributed by atoms with Crippen LogP contribution in [0.1, 0.15) is 48.9 Å². The Morgan fingerprint density at radius 3 is 2.47 bits per heavy atom. The van der Waals surface area contributed by atoms with Crippen LogP contribution in [0.25, 0.3) is 5.65 Å². The Hall–Kier alpha value is -2.80. The van der Waals surface area contributed by atoms with Gasteiger partial charge in [0.2, 0.25) is 0 Å². The number of aromatic nitrogens is 2. The Kier molecular flexibility index (Phi) is 6.22. The molecule has 0 saturated heterocycles. The van der Waals surface area contributed by atoms with Gasteiger partial charge in [0.05, 0.1) is 11.3 Å². The molecule has 5 nitrogen and oxygen atoms in total. The van der Waals surface area contributed by atoms with Crippen molar-refractivity contribution in [2.24, 2.45) is 11.3 Å². The molecular formula is C23H26F2N2O3. The van der Waals surface area contributed by atoms with Gasteiger partial charge in [-0.15, -0.1) is 0 Å². The molecule has 0 saturated carbocycles. The van der Waals surface area contributed by atoms with Crippen LogP contribution in [0.4, 0.5) is 8.78 Å². The van der Waals surface area contributed by atoms with E-state index in [0.717, 1.165) is 0 Å². The monoisotopic (exact) mass is 416 g/mol. The van der Waals surface area contributed by atoms with E-state index in [1.165, 1.54) is 18.2 Å². The topological polar surface area (TPSA) is 63.8 Å². The molecule has 160 valence electrons. The number of ketones is 1. The third-order valence-electron chi connectivity index (χ3n) is 5.36. The van der Waals surface area contributed by atoms with Crippen molar-refractivity contribution in [3.05, 3.63) is 65.1 Å². The number of carbonyl (C=O) groups is 1. The minimum Gasteiger partial charge on any atom is -0.485 e. The van der Waals surface area contributed by atoms with Gasteiger partial charge in [-0.05, 0) is 42.5 Å². The molecular weight excluding hydrogens is 390 g/mol. The van der Waals surface area contributed by atoms with Crippen molar-refractivity contribution in [2.75, 3.05) is 6.61 Å². The molecule has 0 unspecified atom stereocenters. The fourth-order valence-corrected chi connectivity index (χ4v) is 3.39. The van der Waals surface area contributed by atoms with Gasteiger partial charge in [-0.25, -0.2) is 13.8 Å². The summed E-state index contributed by atoms with van der Waals surface area (Å²) in [7, 11) is 0. The average molecular weight is 416 g/mol. The molecule has 0 spiro atoms. The molecule has 3 aromatic rings. The molecule has 2 aromatic heterocycles. The number of pyridine rings is 1. The number of carbonyl (C=O) groups excluding carboxylic acids is 1. The number of hydrogen-bond acceptors (Lipinski definition) is 4. The number of aliphatic hydroxyl groups is 1. The largest absolute Gasteiger partial charge is 0.485 e. The van der Waals surface area contributed by atoms with Crippen molar-refractivity contribution >= 4 is 11.4 Å². The number of imidazole rings is 1. The number of fused-ring (bicyclic) bond motifs is 1. The quantitative estimate of drug-likeness (QED) is 0.566. The molecule has 0 amide bonds. The lowest BCUT2D eigenvalue weighted by molar-refractivity contribution is 0.0812. The lowest BCUT2D eigenvalue weighted by Gasteiger charge is -2.28. The summed E-state index contributed by atoms with van der Waals surface area (Å²) >= 11 is 0. The number of aliphatic hydroxyl groups excluding tert-OH is 1. The van der Waals surface area contributed by atoms with Crippen molar-refractivity contribution < 1.29 is 23.4 Å². The zero-order valence-electron chi connectivity index (χ0n) is 17.6. The second kappa shape index (κ2) is 8.52. The van der Waals surface area contributed by atoms with E-state index < -0.39 is 11.6 Å². The van der Waals surface area contributed by atoms with Crippen LogP contribution in [-0.2, 0) is 6.61 Å². The van der Waals surface area contributed by atoms with Crippen LogP contribution in [0.5, 0.6) is 5.75 Å². The first kappa shape index (κ1) is 21.9. The maximum atomic E-state index is 13.9. The Morgan fingerprint density at radius 1 is 1.20 bits per heavy atom. The summed E-state index contributed by atoms with van der Waals surface area (Å²) in [6, 6.07) is 6.96. The van der Waals surface area contributed by atoms with Gasteiger partial charge >= 0.3 is 0 Å². The lowest BCUT2D eigenvalue weighted by Crippen LogP contribution is -2.27. The van der Waals surface area contributed by atoms with Crippen LogP contribution >= 0.6 is 0 Å². The van der Waals surface area contributed by atoms with Crippen LogP contribution in [0.2, 0.25) is 0 Å². The molecule has 0 aliphatic heterocycles. The van der Waals surface area contributed by atoms with Gasteiger partial charge in [-0.1, -0.05) is 26.8 Å². The first-order chi connectivity index (χ1) is 14.1. The predicted octanol–water partition coefficient (Wildman–Crippen LogP) is 4.73. The molecule has 0 aliphatic carbocycles. The third kappa shape index (κ3) is 4.36. The number of nitrogens with zero attached hydrogens (tertiary/aromatic N) is 2. The van der Waals surface area contributed by atoms with Gasteiger partial charge in [0, 0.05) is 19.2 Å². The van der Waals surface area contributed by atoms with Crippen molar-refractivity contribution in [3.8, 4) is 5.75 Å². The van der Waals surface area contributed by atoms with Gasteiger partial charge in [0.25, 0.3) is 0 Å². The number of aryl methyl sites for hydroxylation is 1. The molecule has 30 heavy (non-hydrogen) atoms. The van der Waals surface area contributed by atoms with Crippen LogP contribution in [-0.4, -0.2) is 26.9 Å². The summed E-state index contributed by atoms with van der Waals surface area (Å²) in [5.74, 6) is -1.38. The summed E-state index contributed by atoms with van der Waals surface area (Å²) in [5, 5.41) is 9.70. The van der Waals surface area contributed by atoms with Crippen molar-refractivity contribution in [1.82, 2.24) is 9.38 Å². The van der Waals surface area contributed by atoms with Crippen LogP contribution in [0.3, 0.4) is 0 Å². The smallest absolute Gasteiger partial charge is 0.181 e. The first-order valence-electron chi connectivity index (χ1n) is 9.81. The van der Waals surface area contributed by atoms with E-state index in [0.29, 0.717) is 22.8 Å². The van der Waals surface area contributed by atoms with Gasteiger partial charge in [-0.3, -0.25) is 9.20 Å². The molecule has 1 aromatic carbocycles. The zero-order valence-corrected chi connectivity index (χ0v) is 17.6. The maximum absolute atomic E-state index is 13.9. The summed E-state index contributed by atoms with van der Waals surface area (Å²) in [4.78, 5) is 17.5. The van der Waals surface area contributed by atoms with Gasteiger partial charge in [0.1, 0.15) is 23.9 Å². The molecule has 0 fully saturated rings.